The Balaban J connectivity index is 1.59. The number of benzene rings is 1. The van der Waals surface area contributed by atoms with Gasteiger partial charge in [-0.25, -0.2) is 0 Å². The fourth-order valence-corrected chi connectivity index (χ4v) is 2.98. The van der Waals surface area contributed by atoms with Gasteiger partial charge in [-0.05, 0) is 12.1 Å². The molecular weight excluding hydrogens is 264 g/mol. The average molecular weight is 282 g/mol. The van der Waals surface area contributed by atoms with Crippen molar-refractivity contribution < 1.29 is 4.74 Å². The lowest BCUT2D eigenvalue weighted by atomic mass is 10.1. The van der Waals surface area contributed by atoms with E-state index in [1.165, 1.54) is 0 Å². The van der Waals surface area contributed by atoms with Crippen LogP contribution in [0.1, 0.15) is 0 Å². The first-order valence-electron chi connectivity index (χ1n) is 7.38. The summed E-state index contributed by atoms with van der Waals surface area (Å²) < 4.78 is 5.79. The number of hydrogen-bond donors (Lipinski definition) is 1. The van der Waals surface area contributed by atoms with Crippen molar-refractivity contribution in [2.75, 3.05) is 31.1 Å². The van der Waals surface area contributed by atoms with E-state index in [1.54, 1.807) is 0 Å². The molecule has 4 heterocycles. The normalized spacial score (nSPS) is 24.9. The van der Waals surface area contributed by atoms with Crippen molar-refractivity contribution in [3.05, 3.63) is 42.5 Å². The van der Waals surface area contributed by atoms with Crippen LogP contribution >= 0.6 is 0 Å². The Kier molecular flexibility index (Phi) is 3.29. The molecule has 0 spiro atoms. The van der Waals surface area contributed by atoms with Crippen molar-refractivity contribution in [1.29, 1.82) is 0 Å². The number of nitrogens with one attached hydrogen (secondary N) is 1. The second-order valence-electron chi connectivity index (χ2n) is 5.56. The van der Waals surface area contributed by atoms with E-state index in [2.05, 4.69) is 38.6 Å². The zero-order valence-corrected chi connectivity index (χ0v) is 11.8. The second-order valence-corrected chi connectivity index (χ2v) is 5.56. The largest absolute Gasteiger partial charge is 0.373 e. The predicted octanol–water partition coefficient (Wildman–Crippen LogP) is 1.32. The zero-order chi connectivity index (χ0) is 14.1. The van der Waals surface area contributed by atoms with Crippen LogP contribution in [0.4, 0.5) is 5.82 Å². The molecule has 2 aromatic rings. The van der Waals surface area contributed by atoms with Crippen LogP contribution in [0.15, 0.2) is 42.5 Å². The van der Waals surface area contributed by atoms with Gasteiger partial charge in [-0.15, -0.1) is 10.2 Å². The molecule has 5 heteroatoms. The molecule has 1 N–H and O–H groups in total. The molecule has 2 atom stereocenters. The van der Waals surface area contributed by atoms with Crippen LogP contribution in [0.5, 0.6) is 0 Å². The number of aromatic nitrogens is 2. The van der Waals surface area contributed by atoms with Gasteiger partial charge in [0, 0.05) is 25.2 Å². The van der Waals surface area contributed by atoms with Crippen LogP contribution in [-0.4, -0.2) is 48.6 Å². The molecular formula is C16H18N4O. The maximum Gasteiger partial charge on any atom is 0.151 e. The van der Waals surface area contributed by atoms with Crippen LogP contribution in [0.3, 0.4) is 0 Å². The van der Waals surface area contributed by atoms with Crippen molar-refractivity contribution in [3.8, 4) is 11.3 Å². The summed E-state index contributed by atoms with van der Waals surface area (Å²) in [5, 5.41) is 12.2. The molecule has 1 aromatic carbocycles. The maximum absolute atomic E-state index is 5.79. The predicted molar refractivity (Wildman–Crippen MR) is 81.2 cm³/mol. The van der Waals surface area contributed by atoms with Crippen LogP contribution in [0, 0.1) is 0 Å². The maximum atomic E-state index is 5.79. The highest BCUT2D eigenvalue weighted by Gasteiger charge is 2.32. The lowest BCUT2D eigenvalue weighted by molar-refractivity contribution is 0.0388. The number of anilines is 1. The number of ether oxygens (including phenoxy) is 1. The van der Waals surface area contributed by atoms with Gasteiger partial charge < -0.3 is 15.0 Å². The summed E-state index contributed by atoms with van der Waals surface area (Å²) >= 11 is 0. The highest BCUT2D eigenvalue weighted by atomic mass is 16.5. The molecule has 1 aromatic heterocycles. The van der Waals surface area contributed by atoms with E-state index in [9.17, 15) is 0 Å². The molecule has 2 bridgehead atoms. The monoisotopic (exact) mass is 282 g/mol. The minimum Gasteiger partial charge on any atom is -0.373 e. The Morgan fingerprint density at radius 3 is 2.76 bits per heavy atom. The smallest absolute Gasteiger partial charge is 0.151 e. The molecule has 0 amide bonds. The molecule has 0 saturated carbocycles. The Bertz CT molecular complexity index is 597. The molecule has 3 saturated heterocycles. The average Bonchev–Trinajstić information content (AvgIpc) is 2.91. The number of nitrogens with zero attached hydrogens (tertiary/aromatic N) is 3. The molecule has 5 nitrogen and oxygen atoms in total. The van der Waals surface area contributed by atoms with Crippen molar-refractivity contribution in [1.82, 2.24) is 15.5 Å². The summed E-state index contributed by atoms with van der Waals surface area (Å²) in [6.07, 6.45) is 0.249. The molecule has 3 fully saturated rings. The third kappa shape index (κ3) is 2.50. The number of hydrogen-bond acceptors (Lipinski definition) is 5. The first-order chi connectivity index (χ1) is 10.4. The second kappa shape index (κ2) is 5.42. The first-order valence-corrected chi connectivity index (χ1v) is 7.38. The molecule has 2 unspecified atom stereocenters. The summed E-state index contributed by atoms with van der Waals surface area (Å²) in [6.45, 7) is 3.51. The van der Waals surface area contributed by atoms with Crippen LogP contribution in [0.2, 0.25) is 0 Å². The summed E-state index contributed by atoms with van der Waals surface area (Å²) in [5.74, 6) is 0.941. The molecule has 0 aliphatic carbocycles. The highest BCUT2D eigenvalue weighted by Crippen LogP contribution is 2.23. The molecule has 3 aliphatic rings. The van der Waals surface area contributed by atoms with Gasteiger partial charge in [0.05, 0.1) is 24.4 Å². The van der Waals surface area contributed by atoms with E-state index in [4.69, 9.17) is 4.74 Å². The van der Waals surface area contributed by atoms with Gasteiger partial charge in [0.25, 0.3) is 0 Å². The molecule has 0 radical (unpaired) electrons. The van der Waals surface area contributed by atoms with E-state index in [-0.39, 0.29) is 6.10 Å². The Labute approximate surface area is 123 Å². The summed E-state index contributed by atoms with van der Waals surface area (Å²) in [7, 11) is 0. The molecule has 108 valence electrons. The van der Waals surface area contributed by atoms with E-state index in [0.717, 1.165) is 43.3 Å². The van der Waals surface area contributed by atoms with Crippen molar-refractivity contribution in [3.63, 3.8) is 0 Å². The Morgan fingerprint density at radius 1 is 1.05 bits per heavy atom. The quantitative estimate of drug-likeness (QED) is 0.900. The topological polar surface area (TPSA) is 50.3 Å². The lowest BCUT2D eigenvalue weighted by Gasteiger charge is -2.36. The van der Waals surface area contributed by atoms with Crippen LogP contribution in [-0.2, 0) is 4.74 Å². The summed E-state index contributed by atoms with van der Waals surface area (Å²) in [4.78, 5) is 2.32. The van der Waals surface area contributed by atoms with Gasteiger partial charge in [0.15, 0.2) is 5.82 Å². The van der Waals surface area contributed by atoms with Crippen molar-refractivity contribution >= 4 is 5.82 Å². The van der Waals surface area contributed by atoms with E-state index < -0.39 is 0 Å². The van der Waals surface area contributed by atoms with Gasteiger partial charge in [-0.1, -0.05) is 30.3 Å². The van der Waals surface area contributed by atoms with Crippen LogP contribution in [0.25, 0.3) is 11.3 Å². The third-order valence-corrected chi connectivity index (χ3v) is 4.13. The first kappa shape index (κ1) is 12.7. The fourth-order valence-electron chi connectivity index (χ4n) is 2.98. The zero-order valence-electron chi connectivity index (χ0n) is 11.8. The molecule has 21 heavy (non-hydrogen) atoms. The minimum atomic E-state index is 0.249. The van der Waals surface area contributed by atoms with Gasteiger partial charge in [-0.3, -0.25) is 0 Å². The number of fused-ring (bicyclic) bond motifs is 4. The van der Waals surface area contributed by atoms with Crippen molar-refractivity contribution in [2.24, 2.45) is 0 Å². The lowest BCUT2D eigenvalue weighted by Crippen LogP contribution is -2.49. The van der Waals surface area contributed by atoms with Gasteiger partial charge in [0.1, 0.15) is 0 Å². The SMILES string of the molecule is c1ccc(-c2ccc(N3CC4CNCC3CO4)nn2)cc1. The standard InChI is InChI=1S/C16H18N4O/c1-2-4-12(5-3-1)15-6-7-16(19-18-15)20-10-14-9-17-8-13(20)11-21-14/h1-7,13-14,17H,8-11H2. The van der Waals surface area contributed by atoms with E-state index in [1.807, 2.05) is 24.3 Å². The van der Waals surface area contributed by atoms with Gasteiger partial charge >= 0.3 is 0 Å². The molecule has 3 aliphatic heterocycles. The summed E-state index contributed by atoms with van der Waals surface area (Å²) in [6, 6.07) is 14.6. The van der Waals surface area contributed by atoms with Crippen LogP contribution < -0.4 is 10.2 Å². The summed E-state index contributed by atoms with van der Waals surface area (Å²) in [5.41, 5.74) is 2.01. The number of rotatable bonds is 2. The fraction of sp³-hybridized carbons (Fsp3) is 0.375. The highest BCUT2D eigenvalue weighted by molar-refractivity contribution is 5.59. The van der Waals surface area contributed by atoms with Gasteiger partial charge in [-0.2, -0.15) is 0 Å². The Hall–Kier alpha value is -1.98. The Morgan fingerprint density at radius 2 is 1.95 bits per heavy atom. The van der Waals surface area contributed by atoms with Crippen molar-refractivity contribution in [2.45, 2.75) is 12.1 Å². The minimum absolute atomic E-state index is 0.249. The molecule has 5 rings (SSSR count). The number of morpholine rings is 1. The third-order valence-electron chi connectivity index (χ3n) is 4.13. The van der Waals surface area contributed by atoms with E-state index >= 15 is 0 Å². The van der Waals surface area contributed by atoms with E-state index in [0.29, 0.717) is 6.04 Å². The van der Waals surface area contributed by atoms with Gasteiger partial charge in [0.2, 0.25) is 0 Å².